The molecule has 2 aromatic carbocycles. The summed E-state index contributed by atoms with van der Waals surface area (Å²) in [5.41, 5.74) is 3.45. The third kappa shape index (κ3) is 4.54. The number of hydrogen-bond acceptors (Lipinski definition) is 4. The van der Waals surface area contributed by atoms with Gasteiger partial charge < -0.3 is 9.47 Å². The van der Waals surface area contributed by atoms with Crippen molar-refractivity contribution in [2.45, 2.75) is 6.92 Å². The first-order valence-electron chi connectivity index (χ1n) is 7.04. The summed E-state index contributed by atoms with van der Waals surface area (Å²) < 4.78 is 23.5. The smallest absolute Gasteiger partial charge is 0.271 e. The van der Waals surface area contributed by atoms with E-state index < -0.39 is 11.7 Å². The van der Waals surface area contributed by atoms with Gasteiger partial charge in [-0.15, -0.1) is 0 Å². The first-order valence-corrected chi connectivity index (χ1v) is 7.04. The highest BCUT2D eigenvalue weighted by Crippen LogP contribution is 2.27. The summed E-state index contributed by atoms with van der Waals surface area (Å²) in [5, 5.41) is 3.88. The van der Waals surface area contributed by atoms with Crippen LogP contribution in [0.3, 0.4) is 0 Å². The zero-order valence-corrected chi connectivity index (χ0v) is 12.9. The van der Waals surface area contributed by atoms with Crippen LogP contribution in [0.4, 0.5) is 4.39 Å². The van der Waals surface area contributed by atoms with Crippen LogP contribution in [-0.4, -0.2) is 25.8 Å². The van der Waals surface area contributed by atoms with Crippen LogP contribution >= 0.6 is 0 Å². The summed E-state index contributed by atoms with van der Waals surface area (Å²) in [6.07, 6.45) is 1.49. The largest absolute Gasteiger partial charge is 0.493 e. The maximum absolute atomic E-state index is 12.8. The molecule has 0 heterocycles. The van der Waals surface area contributed by atoms with Crippen LogP contribution in [0.2, 0.25) is 0 Å². The second-order valence-electron chi connectivity index (χ2n) is 4.55. The van der Waals surface area contributed by atoms with Gasteiger partial charge in [0.05, 0.1) is 19.9 Å². The molecule has 120 valence electrons. The van der Waals surface area contributed by atoms with Crippen molar-refractivity contribution in [1.29, 1.82) is 0 Å². The van der Waals surface area contributed by atoms with Crippen LogP contribution in [0.25, 0.3) is 0 Å². The molecule has 0 bridgehead atoms. The number of ether oxygens (including phenoxy) is 2. The predicted octanol–water partition coefficient (Wildman–Crippen LogP) is 3.00. The standard InChI is InChI=1S/C17H17FN2O3/c1-3-23-16-10-12(4-9-15(16)22-2)11-19-20-17(21)13-5-7-14(18)8-6-13/h4-11H,3H2,1-2H3,(H,20,21)/b19-11-. The number of halogens is 1. The molecular weight excluding hydrogens is 299 g/mol. The van der Waals surface area contributed by atoms with Crippen LogP contribution in [0.15, 0.2) is 47.6 Å². The lowest BCUT2D eigenvalue weighted by atomic mass is 10.2. The zero-order chi connectivity index (χ0) is 16.7. The first-order chi connectivity index (χ1) is 11.1. The molecule has 0 saturated carbocycles. The number of hydrogen-bond donors (Lipinski definition) is 1. The Balaban J connectivity index is 2.03. The van der Waals surface area contributed by atoms with Gasteiger partial charge in [-0.1, -0.05) is 0 Å². The monoisotopic (exact) mass is 316 g/mol. The Hall–Kier alpha value is -2.89. The van der Waals surface area contributed by atoms with Crippen LogP contribution in [-0.2, 0) is 0 Å². The van der Waals surface area contributed by atoms with Crippen molar-refractivity contribution in [2.24, 2.45) is 5.10 Å². The van der Waals surface area contributed by atoms with Gasteiger partial charge in [-0.3, -0.25) is 4.79 Å². The minimum absolute atomic E-state index is 0.327. The van der Waals surface area contributed by atoms with Gasteiger partial charge in [0.15, 0.2) is 11.5 Å². The van der Waals surface area contributed by atoms with E-state index in [0.717, 1.165) is 5.56 Å². The number of hydrazone groups is 1. The van der Waals surface area contributed by atoms with E-state index in [0.29, 0.717) is 23.7 Å². The number of amides is 1. The maximum atomic E-state index is 12.8. The molecule has 0 aliphatic rings. The molecule has 0 aliphatic carbocycles. The Kier molecular flexibility index (Phi) is 5.68. The third-order valence-corrected chi connectivity index (χ3v) is 2.97. The number of methoxy groups -OCH3 is 1. The van der Waals surface area contributed by atoms with Crippen LogP contribution in [0, 0.1) is 5.82 Å². The van der Waals surface area contributed by atoms with Crippen molar-refractivity contribution in [1.82, 2.24) is 5.43 Å². The fourth-order valence-corrected chi connectivity index (χ4v) is 1.87. The van der Waals surface area contributed by atoms with Gasteiger partial charge in [-0.25, -0.2) is 9.82 Å². The molecule has 0 spiro atoms. The maximum Gasteiger partial charge on any atom is 0.271 e. The lowest BCUT2D eigenvalue weighted by Crippen LogP contribution is -2.17. The molecule has 5 nitrogen and oxygen atoms in total. The van der Waals surface area contributed by atoms with Gasteiger partial charge >= 0.3 is 0 Å². The molecular formula is C17H17FN2O3. The van der Waals surface area contributed by atoms with Crippen molar-refractivity contribution in [2.75, 3.05) is 13.7 Å². The summed E-state index contributed by atoms with van der Waals surface area (Å²) in [6, 6.07) is 10.5. The predicted molar refractivity (Wildman–Crippen MR) is 85.6 cm³/mol. The molecule has 0 aliphatic heterocycles. The highest BCUT2D eigenvalue weighted by atomic mass is 19.1. The number of nitrogens with one attached hydrogen (secondary N) is 1. The number of carbonyl (C=O) groups is 1. The zero-order valence-electron chi connectivity index (χ0n) is 12.9. The Bertz CT molecular complexity index is 699. The Morgan fingerprint density at radius 1 is 1.22 bits per heavy atom. The number of carbonyl (C=O) groups excluding carboxylic acids is 1. The number of benzene rings is 2. The summed E-state index contributed by atoms with van der Waals surface area (Å²) in [5.74, 6) is 0.412. The fraction of sp³-hybridized carbons (Fsp3) is 0.176. The van der Waals surface area contributed by atoms with Crippen LogP contribution in [0.1, 0.15) is 22.8 Å². The van der Waals surface area contributed by atoms with E-state index in [1.807, 2.05) is 6.92 Å². The minimum atomic E-state index is -0.417. The van der Waals surface area contributed by atoms with E-state index in [1.54, 1.807) is 25.3 Å². The number of nitrogens with zero attached hydrogens (tertiary/aromatic N) is 1. The van der Waals surface area contributed by atoms with E-state index in [9.17, 15) is 9.18 Å². The molecule has 6 heteroatoms. The molecule has 0 unspecified atom stereocenters. The van der Waals surface area contributed by atoms with E-state index in [4.69, 9.17) is 9.47 Å². The van der Waals surface area contributed by atoms with Crippen molar-refractivity contribution < 1.29 is 18.7 Å². The molecule has 1 amide bonds. The lowest BCUT2D eigenvalue weighted by molar-refractivity contribution is 0.0955. The lowest BCUT2D eigenvalue weighted by Gasteiger charge is -2.09. The Morgan fingerprint density at radius 2 is 1.96 bits per heavy atom. The molecule has 0 saturated heterocycles. The second-order valence-corrected chi connectivity index (χ2v) is 4.55. The Labute approximate surface area is 133 Å². The normalized spacial score (nSPS) is 10.6. The molecule has 2 rings (SSSR count). The van der Waals surface area contributed by atoms with Gasteiger partial charge in [0.2, 0.25) is 0 Å². The van der Waals surface area contributed by atoms with Gasteiger partial charge in [0.1, 0.15) is 5.82 Å². The summed E-state index contributed by atoms with van der Waals surface area (Å²) in [6.45, 7) is 2.39. The van der Waals surface area contributed by atoms with E-state index in [1.165, 1.54) is 30.5 Å². The first kappa shape index (κ1) is 16.5. The van der Waals surface area contributed by atoms with Crippen LogP contribution < -0.4 is 14.9 Å². The van der Waals surface area contributed by atoms with Crippen molar-refractivity contribution in [3.05, 3.63) is 59.4 Å². The molecule has 1 N–H and O–H groups in total. The van der Waals surface area contributed by atoms with Gasteiger partial charge in [0, 0.05) is 5.56 Å². The molecule has 0 radical (unpaired) electrons. The third-order valence-electron chi connectivity index (χ3n) is 2.97. The van der Waals surface area contributed by atoms with Gasteiger partial charge in [0.25, 0.3) is 5.91 Å². The molecule has 23 heavy (non-hydrogen) atoms. The van der Waals surface area contributed by atoms with Gasteiger partial charge in [-0.2, -0.15) is 5.10 Å². The van der Waals surface area contributed by atoms with Crippen molar-refractivity contribution in [3.63, 3.8) is 0 Å². The Morgan fingerprint density at radius 3 is 2.61 bits per heavy atom. The average molecular weight is 316 g/mol. The van der Waals surface area contributed by atoms with E-state index in [2.05, 4.69) is 10.5 Å². The van der Waals surface area contributed by atoms with Crippen molar-refractivity contribution >= 4 is 12.1 Å². The quantitative estimate of drug-likeness (QED) is 0.658. The second kappa shape index (κ2) is 7.93. The summed E-state index contributed by atoms with van der Waals surface area (Å²) in [4.78, 5) is 11.8. The highest BCUT2D eigenvalue weighted by Gasteiger charge is 2.05. The SMILES string of the molecule is CCOc1cc(/C=N\NC(=O)c2ccc(F)cc2)ccc1OC. The van der Waals surface area contributed by atoms with Gasteiger partial charge in [-0.05, 0) is 55.0 Å². The summed E-state index contributed by atoms with van der Waals surface area (Å²) >= 11 is 0. The average Bonchev–Trinajstić information content (AvgIpc) is 2.56. The molecule has 0 fully saturated rings. The van der Waals surface area contributed by atoms with E-state index >= 15 is 0 Å². The number of rotatable bonds is 6. The molecule has 0 atom stereocenters. The topological polar surface area (TPSA) is 59.9 Å². The van der Waals surface area contributed by atoms with Crippen molar-refractivity contribution in [3.8, 4) is 11.5 Å². The highest BCUT2D eigenvalue weighted by molar-refractivity contribution is 5.94. The molecule has 2 aromatic rings. The minimum Gasteiger partial charge on any atom is -0.493 e. The fourth-order valence-electron chi connectivity index (χ4n) is 1.87. The molecule has 0 aromatic heterocycles. The summed E-state index contributed by atoms with van der Waals surface area (Å²) in [7, 11) is 1.56. The van der Waals surface area contributed by atoms with Crippen LogP contribution in [0.5, 0.6) is 11.5 Å². The van der Waals surface area contributed by atoms with E-state index in [-0.39, 0.29) is 0 Å².